The Morgan fingerprint density at radius 2 is 2.31 bits per heavy atom. The van der Waals surface area contributed by atoms with Gasteiger partial charge in [-0.15, -0.1) is 6.42 Å². The predicted octanol–water partition coefficient (Wildman–Crippen LogP) is 0.462. The molecule has 0 saturated carbocycles. The van der Waals surface area contributed by atoms with E-state index >= 15 is 0 Å². The lowest BCUT2D eigenvalue weighted by molar-refractivity contribution is 0.236. The van der Waals surface area contributed by atoms with E-state index < -0.39 is 16.1 Å². The van der Waals surface area contributed by atoms with Gasteiger partial charge in [0.1, 0.15) is 12.4 Å². The molecule has 1 heterocycles. The quantitative estimate of drug-likeness (QED) is 0.736. The summed E-state index contributed by atoms with van der Waals surface area (Å²) < 4.78 is 30.6. The third-order valence-corrected chi connectivity index (χ3v) is 3.31. The number of aliphatic hydroxyl groups is 1. The minimum atomic E-state index is -3.74. The van der Waals surface area contributed by atoms with Gasteiger partial charge in [-0.1, -0.05) is 12.8 Å². The largest absolute Gasteiger partial charge is 0.446 e. The molecule has 6 heteroatoms. The molecule has 0 spiro atoms. The monoisotopic (exact) mass is 243 g/mol. The molecule has 0 aromatic carbocycles. The van der Waals surface area contributed by atoms with Crippen molar-refractivity contribution in [2.24, 2.45) is 0 Å². The topological polar surface area (TPSA) is 79.5 Å². The van der Waals surface area contributed by atoms with Gasteiger partial charge in [-0.2, -0.15) is 4.72 Å². The van der Waals surface area contributed by atoms with E-state index in [1.807, 2.05) is 0 Å². The Bertz CT molecular complexity index is 483. The number of aliphatic hydroxyl groups excluding tert-OH is 1. The molecule has 0 aliphatic heterocycles. The molecule has 1 aromatic heterocycles. The first-order valence-corrected chi connectivity index (χ1v) is 6.19. The van der Waals surface area contributed by atoms with Crippen LogP contribution in [0.4, 0.5) is 0 Å². The normalized spacial score (nSPS) is 13.3. The van der Waals surface area contributed by atoms with Gasteiger partial charge < -0.3 is 9.52 Å². The van der Waals surface area contributed by atoms with Crippen LogP contribution in [0.1, 0.15) is 19.1 Å². The summed E-state index contributed by atoms with van der Waals surface area (Å²) in [6.45, 7) is 1.43. The molecule has 0 aliphatic carbocycles. The van der Waals surface area contributed by atoms with E-state index in [-0.39, 0.29) is 17.5 Å². The summed E-state index contributed by atoms with van der Waals surface area (Å²) in [4.78, 5) is 0. The lowest BCUT2D eigenvalue weighted by Crippen LogP contribution is -2.32. The molecule has 0 fully saturated rings. The average molecular weight is 243 g/mol. The summed E-state index contributed by atoms with van der Waals surface area (Å²) in [5, 5.41) is 8.50. The van der Waals surface area contributed by atoms with E-state index in [1.165, 1.54) is 12.1 Å². The minimum Gasteiger partial charge on any atom is -0.446 e. The second-order valence-electron chi connectivity index (χ2n) is 3.13. The molecule has 88 valence electrons. The van der Waals surface area contributed by atoms with Crippen LogP contribution in [0.2, 0.25) is 0 Å². The lowest BCUT2D eigenvalue weighted by atomic mass is 10.3. The van der Waals surface area contributed by atoms with Gasteiger partial charge in [-0.3, -0.25) is 0 Å². The molecule has 2 N–H and O–H groups in total. The summed E-state index contributed by atoms with van der Waals surface area (Å²) in [5.41, 5.74) is 0. The highest BCUT2D eigenvalue weighted by Crippen LogP contribution is 2.14. The maximum atomic E-state index is 11.7. The smallest absolute Gasteiger partial charge is 0.275 e. The standard InChI is InChI=1S/C10H13NO4S/c1-3-8(4-2)11-16(13,14)10-6-5-9(7-12)15-10/h1,5-6,8,11-12H,4,7H2,2H3. The SMILES string of the molecule is C#CC(CC)NS(=O)(=O)c1ccc(CO)o1. The first kappa shape index (κ1) is 12.8. The Morgan fingerprint density at radius 3 is 2.75 bits per heavy atom. The third-order valence-electron chi connectivity index (χ3n) is 1.96. The van der Waals surface area contributed by atoms with Gasteiger partial charge in [0.05, 0.1) is 6.04 Å². The van der Waals surface area contributed by atoms with Gasteiger partial charge in [0.2, 0.25) is 5.09 Å². The molecule has 0 amide bonds. The van der Waals surface area contributed by atoms with E-state index in [9.17, 15) is 8.42 Å². The fourth-order valence-corrected chi connectivity index (χ4v) is 2.26. The molecular formula is C10H13NO4S. The molecular weight excluding hydrogens is 230 g/mol. The number of nitrogens with one attached hydrogen (secondary N) is 1. The van der Waals surface area contributed by atoms with Gasteiger partial charge >= 0.3 is 0 Å². The van der Waals surface area contributed by atoms with Crippen molar-refractivity contribution in [2.45, 2.75) is 31.1 Å². The maximum absolute atomic E-state index is 11.7. The number of hydrogen-bond donors (Lipinski definition) is 2. The van der Waals surface area contributed by atoms with E-state index in [0.29, 0.717) is 6.42 Å². The summed E-state index contributed by atoms with van der Waals surface area (Å²) in [5.74, 6) is 2.51. The molecule has 0 radical (unpaired) electrons. The highest BCUT2D eigenvalue weighted by Gasteiger charge is 2.21. The fraction of sp³-hybridized carbons (Fsp3) is 0.400. The third kappa shape index (κ3) is 2.85. The highest BCUT2D eigenvalue weighted by atomic mass is 32.2. The molecule has 1 unspecified atom stereocenters. The maximum Gasteiger partial charge on any atom is 0.275 e. The van der Waals surface area contributed by atoms with Crippen LogP contribution in [0, 0.1) is 12.3 Å². The van der Waals surface area contributed by atoms with Crippen LogP contribution in [-0.4, -0.2) is 19.6 Å². The van der Waals surface area contributed by atoms with Crippen LogP contribution in [-0.2, 0) is 16.6 Å². The van der Waals surface area contributed by atoms with Crippen LogP contribution in [0.3, 0.4) is 0 Å². The highest BCUT2D eigenvalue weighted by molar-refractivity contribution is 7.89. The first-order valence-electron chi connectivity index (χ1n) is 4.71. The van der Waals surface area contributed by atoms with E-state index in [2.05, 4.69) is 10.6 Å². The molecule has 0 bridgehead atoms. The van der Waals surface area contributed by atoms with E-state index in [1.54, 1.807) is 6.92 Å². The summed E-state index contributed by atoms with van der Waals surface area (Å²) >= 11 is 0. The molecule has 5 nitrogen and oxygen atoms in total. The number of furan rings is 1. The zero-order chi connectivity index (χ0) is 12.2. The second-order valence-corrected chi connectivity index (χ2v) is 4.77. The average Bonchev–Trinajstić information content (AvgIpc) is 2.75. The van der Waals surface area contributed by atoms with Crippen LogP contribution in [0.25, 0.3) is 0 Å². The Morgan fingerprint density at radius 1 is 1.62 bits per heavy atom. The Balaban J connectivity index is 2.90. The van der Waals surface area contributed by atoms with Gasteiger partial charge in [-0.25, -0.2) is 8.42 Å². The van der Waals surface area contributed by atoms with Gasteiger partial charge in [0, 0.05) is 0 Å². The zero-order valence-electron chi connectivity index (χ0n) is 8.80. The summed E-state index contributed by atoms with van der Waals surface area (Å²) in [6, 6.07) is 2.11. The van der Waals surface area contributed by atoms with Crippen molar-refractivity contribution in [3.8, 4) is 12.3 Å². The molecule has 1 rings (SSSR count). The first-order chi connectivity index (χ1) is 7.53. The van der Waals surface area contributed by atoms with Crippen molar-refractivity contribution in [3.05, 3.63) is 17.9 Å². The van der Waals surface area contributed by atoms with E-state index in [0.717, 1.165) is 0 Å². The van der Waals surface area contributed by atoms with Gasteiger partial charge in [0.15, 0.2) is 0 Å². The molecule has 0 aliphatic rings. The Hall–Kier alpha value is -1.29. The second kappa shape index (κ2) is 5.16. The van der Waals surface area contributed by atoms with Crippen molar-refractivity contribution in [2.75, 3.05) is 0 Å². The molecule has 1 atom stereocenters. The van der Waals surface area contributed by atoms with Gasteiger partial charge in [-0.05, 0) is 18.6 Å². The van der Waals surface area contributed by atoms with Gasteiger partial charge in [0.25, 0.3) is 10.0 Å². The van der Waals surface area contributed by atoms with Crippen molar-refractivity contribution in [1.82, 2.24) is 4.72 Å². The van der Waals surface area contributed by atoms with E-state index in [4.69, 9.17) is 15.9 Å². The van der Waals surface area contributed by atoms with Crippen LogP contribution >= 0.6 is 0 Å². The van der Waals surface area contributed by atoms with Crippen molar-refractivity contribution < 1.29 is 17.9 Å². The van der Waals surface area contributed by atoms with Crippen molar-refractivity contribution in [1.29, 1.82) is 0 Å². The number of rotatable bonds is 5. The summed E-state index contributed by atoms with van der Waals surface area (Å²) in [6.07, 6.45) is 5.64. The lowest BCUT2D eigenvalue weighted by Gasteiger charge is -2.09. The minimum absolute atomic E-state index is 0.189. The molecule has 16 heavy (non-hydrogen) atoms. The fourth-order valence-electron chi connectivity index (χ4n) is 1.07. The zero-order valence-corrected chi connectivity index (χ0v) is 9.62. The Kier molecular flexibility index (Phi) is 4.12. The van der Waals surface area contributed by atoms with Crippen LogP contribution in [0.15, 0.2) is 21.6 Å². The number of sulfonamides is 1. The van der Waals surface area contributed by atoms with Crippen LogP contribution < -0.4 is 4.72 Å². The van der Waals surface area contributed by atoms with Crippen molar-refractivity contribution in [3.63, 3.8) is 0 Å². The van der Waals surface area contributed by atoms with Crippen molar-refractivity contribution >= 4 is 10.0 Å². The predicted molar refractivity (Wildman–Crippen MR) is 57.9 cm³/mol. The van der Waals surface area contributed by atoms with Crippen LogP contribution in [0.5, 0.6) is 0 Å². The molecule has 1 aromatic rings. The Labute approximate surface area is 94.5 Å². The molecule has 0 saturated heterocycles. The summed E-state index contributed by atoms with van der Waals surface area (Å²) in [7, 11) is -3.74. The number of hydrogen-bond acceptors (Lipinski definition) is 4. The number of terminal acetylenes is 1.